The highest BCUT2D eigenvalue weighted by Gasteiger charge is 2.33. The van der Waals surface area contributed by atoms with Gasteiger partial charge in [-0.3, -0.25) is 20.7 Å². The lowest BCUT2D eigenvalue weighted by Crippen LogP contribution is -2.57. The lowest BCUT2D eigenvalue weighted by molar-refractivity contribution is -0.302. The summed E-state index contributed by atoms with van der Waals surface area (Å²) in [4.78, 5) is 45.4. The van der Waals surface area contributed by atoms with Crippen molar-refractivity contribution in [1.29, 1.82) is 0 Å². The molecular weight excluding hydrogens is 434 g/mol. The fourth-order valence-corrected chi connectivity index (χ4v) is 2.57. The monoisotopic (exact) mass is 465 g/mol. The summed E-state index contributed by atoms with van der Waals surface area (Å²) in [5, 5.41) is 18.2. The molecular formula is C21H31N5O7. The maximum absolute atomic E-state index is 12.5. The van der Waals surface area contributed by atoms with E-state index >= 15 is 0 Å². The molecule has 1 fully saturated rings. The van der Waals surface area contributed by atoms with Crippen molar-refractivity contribution < 1.29 is 39.2 Å². The van der Waals surface area contributed by atoms with E-state index in [4.69, 9.17) is 30.5 Å². The van der Waals surface area contributed by atoms with Crippen molar-refractivity contribution >= 4 is 29.7 Å². The summed E-state index contributed by atoms with van der Waals surface area (Å²) in [5.74, 6) is -1.72. The Bertz CT molecular complexity index is 861. The summed E-state index contributed by atoms with van der Waals surface area (Å²) in [7, 11) is 0. The predicted molar refractivity (Wildman–Crippen MR) is 115 cm³/mol. The van der Waals surface area contributed by atoms with Gasteiger partial charge in [0.2, 0.25) is 5.91 Å². The summed E-state index contributed by atoms with van der Waals surface area (Å²) in [6, 6.07) is 7.10. The third-order valence-electron chi connectivity index (χ3n) is 3.95. The highest BCUT2D eigenvalue weighted by atomic mass is 16.6. The number of amides is 3. The molecule has 0 aromatic heterocycles. The van der Waals surface area contributed by atoms with Crippen LogP contribution in [0.25, 0.3) is 0 Å². The summed E-state index contributed by atoms with van der Waals surface area (Å²) in [6.45, 7) is 6.78. The Morgan fingerprint density at radius 3 is 2.36 bits per heavy atom. The average Bonchev–Trinajstić information content (AvgIpc) is 2.68. The quantitative estimate of drug-likeness (QED) is 0.264. The van der Waals surface area contributed by atoms with Crippen molar-refractivity contribution in [3.63, 3.8) is 0 Å². The highest BCUT2D eigenvalue weighted by molar-refractivity contribution is 5.92. The molecule has 2 rings (SSSR count). The van der Waals surface area contributed by atoms with Gasteiger partial charge in [0, 0.05) is 12.5 Å². The Morgan fingerprint density at radius 2 is 1.85 bits per heavy atom. The molecule has 12 nitrogen and oxygen atoms in total. The Hall–Kier alpha value is -3.67. The number of nitrogens with zero attached hydrogens (tertiary/aromatic N) is 1. The van der Waals surface area contributed by atoms with Crippen LogP contribution >= 0.6 is 0 Å². The maximum Gasteiger partial charge on any atom is 0.426 e. The Balaban J connectivity index is 0.00000125. The first-order valence-corrected chi connectivity index (χ1v) is 10.1. The number of rotatable bonds is 6. The molecule has 6 N–H and O–H groups in total. The maximum atomic E-state index is 12.5. The fourth-order valence-electron chi connectivity index (χ4n) is 2.57. The number of carboxylic acids is 1. The number of ether oxygens (including phenoxy) is 2. The number of carbonyl (C=O) groups is 4. The van der Waals surface area contributed by atoms with Crippen molar-refractivity contribution in [2.75, 3.05) is 13.2 Å². The first kappa shape index (κ1) is 27.4. The zero-order valence-corrected chi connectivity index (χ0v) is 19.2. The number of hydrogen-bond donors (Lipinski definition) is 4. The molecule has 0 radical (unpaired) electrons. The zero-order valence-electron chi connectivity index (χ0n) is 19.2. The van der Waals surface area contributed by atoms with E-state index in [0.29, 0.717) is 5.56 Å². The van der Waals surface area contributed by atoms with Gasteiger partial charge in [0.15, 0.2) is 0 Å². The zero-order chi connectivity index (χ0) is 25.2. The molecule has 1 saturated heterocycles. The molecule has 1 aliphatic heterocycles. The molecule has 0 saturated carbocycles. The molecule has 0 unspecified atom stereocenters. The van der Waals surface area contributed by atoms with E-state index in [0.717, 1.165) is 17.5 Å². The first-order chi connectivity index (χ1) is 15.3. The van der Waals surface area contributed by atoms with Crippen molar-refractivity contribution in [1.82, 2.24) is 15.8 Å². The summed E-state index contributed by atoms with van der Waals surface area (Å²) >= 11 is 0. The number of aliphatic carboxylic acids is 1. The van der Waals surface area contributed by atoms with Gasteiger partial charge in [0.1, 0.15) is 11.7 Å². The molecule has 1 aliphatic rings. The van der Waals surface area contributed by atoms with Gasteiger partial charge >= 0.3 is 6.09 Å². The van der Waals surface area contributed by atoms with Gasteiger partial charge in [-0.1, -0.05) is 12.1 Å². The molecule has 182 valence electrons. The first-order valence-electron chi connectivity index (χ1n) is 10.1. The highest BCUT2D eigenvalue weighted by Crippen LogP contribution is 2.11. The van der Waals surface area contributed by atoms with Crippen LogP contribution in [-0.2, 0) is 30.4 Å². The van der Waals surface area contributed by atoms with Gasteiger partial charge < -0.3 is 24.7 Å². The molecule has 0 aliphatic carbocycles. The molecule has 3 amide bonds. The average molecular weight is 466 g/mol. The van der Waals surface area contributed by atoms with Gasteiger partial charge in [0.05, 0.1) is 25.1 Å². The molecule has 1 aromatic carbocycles. The second-order valence-corrected chi connectivity index (χ2v) is 8.09. The fraction of sp³-hybridized carbons (Fsp3) is 0.476. The van der Waals surface area contributed by atoms with E-state index in [-0.39, 0.29) is 37.9 Å². The van der Waals surface area contributed by atoms with Crippen LogP contribution in [0.3, 0.4) is 0 Å². The third kappa shape index (κ3) is 11.0. The smallest absolute Gasteiger partial charge is 0.426 e. The third-order valence-corrected chi connectivity index (χ3v) is 3.95. The van der Waals surface area contributed by atoms with Crippen LogP contribution in [0.15, 0.2) is 24.3 Å². The standard InChI is InChI=1S/C19H27N5O5.C2H4O2/c1-19(2,3)29-18(27)23-24-8-9-28-14(17(24)26)10-15(25)22-11-12-4-6-13(7-5-12)16(20)21;1-2(3)4/h4-7,14H,8-11H2,1-3H3,(H3,20,21)(H,22,25)(H,23,27);1H3,(H,3,4)/t14-;/m1./s1. The Kier molecular flexibility index (Phi) is 10.3. The lowest BCUT2D eigenvalue weighted by Gasteiger charge is -2.32. The van der Waals surface area contributed by atoms with Crippen LogP contribution in [0.1, 0.15) is 45.2 Å². The van der Waals surface area contributed by atoms with Gasteiger partial charge in [-0.05, 0) is 45.4 Å². The molecule has 33 heavy (non-hydrogen) atoms. The minimum Gasteiger partial charge on any atom is -0.550 e. The van der Waals surface area contributed by atoms with Crippen LogP contribution in [-0.4, -0.2) is 59.6 Å². The topological polar surface area (TPSA) is 189 Å². The van der Waals surface area contributed by atoms with Gasteiger partial charge in [-0.15, -0.1) is 0 Å². The second-order valence-electron chi connectivity index (χ2n) is 8.09. The summed E-state index contributed by atoms with van der Waals surface area (Å²) in [5.41, 5.74) is 8.78. The largest absolute Gasteiger partial charge is 0.550 e. The van der Waals surface area contributed by atoms with E-state index in [1.807, 2.05) is 0 Å². The number of amidine groups is 1. The van der Waals surface area contributed by atoms with Crippen LogP contribution in [0.4, 0.5) is 4.79 Å². The number of morpholine rings is 1. The van der Waals surface area contributed by atoms with Crippen LogP contribution in [0.2, 0.25) is 0 Å². The van der Waals surface area contributed by atoms with Crippen LogP contribution < -0.4 is 27.0 Å². The molecule has 0 spiro atoms. The van der Waals surface area contributed by atoms with Gasteiger partial charge in [-0.2, -0.15) is 0 Å². The number of carboxylic acid groups (broad SMARTS) is 1. The molecule has 1 heterocycles. The van der Waals surface area contributed by atoms with Crippen molar-refractivity contribution in [2.24, 2.45) is 5.73 Å². The molecule has 12 heteroatoms. The summed E-state index contributed by atoms with van der Waals surface area (Å²) < 4.78 is 10.5. The van der Waals surface area contributed by atoms with Crippen molar-refractivity contribution in [3.8, 4) is 0 Å². The van der Waals surface area contributed by atoms with Crippen LogP contribution in [0.5, 0.6) is 0 Å². The second kappa shape index (κ2) is 12.4. The Morgan fingerprint density at radius 1 is 1.27 bits per heavy atom. The number of hydrazine groups is 1. The molecule has 0 bridgehead atoms. The van der Waals surface area contributed by atoms with Crippen LogP contribution in [0, 0.1) is 0 Å². The lowest BCUT2D eigenvalue weighted by atomic mass is 10.1. The number of nitrogens with one attached hydrogen (secondary N) is 2. The molecule has 1 aromatic rings. The predicted octanol–water partition coefficient (Wildman–Crippen LogP) is -2.42. The molecule has 1 atom stereocenters. The van der Waals surface area contributed by atoms with Crippen molar-refractivity contribution in [2.45, 2.75) is 52.4 Å². The van der Waals surface area contributed by atoms with E-state index in [1.54, 1.807) is 45.0 Å². The number of nitrogens with two attached hydrogens (primary N) is 2. The van der Waals surface area contributed by atoms with Gasteiger partial charge in [-0.25, -0.2) is 15.2 Å². The van der Waals surface area contributed by atoms with E-state index < -0.39 is 29.7 Å². The van der Waals surface area contributed by atoms with Gasteiger partial charge in [0.25, 0.3) is 11.7 Å². The SMILES string of the molecule is CC(=O)[O-].CC(C)(C)OC(=O)NN1CCO[C@H](CC(=O)NCc2ccc(C(N)=[NH2+])cc2)C1=O. The minimum absolute atomic E-state index is 0.160. The number of benzene rings is 1. The van der Waals surface area contributed by atoms with Crippen molar-refractivity contribution in [3.05, 3.63) is 35.4 Å². The van der Waals surface area contributed by atoms with E-state index in [2.05, 4.69) is 10.7 Å². The number of hydrogen-bond acceptors (Lipinski definition) is 7. The Labute approximate surface area is 191 Å². The number of carbonyl (C=O) groups excluding carboxylic acids is 4. The van der Waals surface area contributed by atoms with E-state index in [1.165, 1.54) is 0 Å². The normalized spacial score (nSPS) is 15.6. The summed E-state index contributed by atoms with van der Waals surface area (Å²) in [6.07, 6.45) is -1.88. The van der Waals surface area contributed by atoms with E-state index in [9.17, 15) is 14.4 Å². The minimum atomic E-state index is -1.08.